The van der Waals surface area contributed by atoms with Gasteiger partial charge < -0.3 is 9.84 Å². The molecule has 0 aliphatic carbocycles. The molecule has 1 heterocycles. The molecule has 5 nitrogen and oxygen atoms in total. The molecule has 1 unspecified atom stereocenters. The van der Waals surface area contributed by atoms with Crippen molar-refractivity contribution in [2.24, 2.45) is 0 Å². The number of aromatic nitrogens is 1. The number of nitrogens with zero attached hydrogens (tertiary/aromatic N) is 1. The number of hydrogen-bond acceptors (Lipinski definition) is 5. The van der Waals surface area contributed by atoms with Gasteiger partial charge in [-0.2, -0.15) is 0 Å². The largest absolute Gasteiger partial charge is 0.480 e. The van der Waals surface area contributed by atoms with E-state index in [0.29, 0.717) is 10.6 Å². The van der Waals surface area contributed by atoms with E-state index < -0.39 is 17.2 Å². The van der Waals surface area contributed by atoms with Crippen molar-refractivity contribution in [2.75, 3.05) is 6.61 Å². The lowest BCUT2D eigenvalue weighted by Gasteiger charge is -2.09. The number of ether oxygens (including phenoxy) is 1. The quantitative estimate of drug-likeness (QED) is 0.639. The van der Waals surface area contributed by atoms with Crippen LogP contribution in [0.3, 0.4) is 0 Å². The van der Waals surface area contributed by atoms with E-state index in [1.165, 1.54) is 13.1 Å². The van der Waals surface area contributed by atoms with Gasteiger partial charge in [0.15, 0.2) is 0 Å². The zero-order chi connectivity index (χ0) is 12.8. The summed E-state index contributed by atoms with van der Waals surface area (Å²) < 4.78 is 4.87. The van der Waals surface area contributed by atoms with Crippen molar-refractivity contribution in [1.82, 2.24) is 4.98 Å². The van der Waals surface area contributed by atoms with Gasteiger partial charge in [-0.3, -0.25) is 4.79 Å². The van der Waals surface area contributed by atoms with Gasteiger partial charge >= 0.3 is 11.9 Å². The van der Waals surface area contributed by atoms with Crippen LogP contribution >= 0.6 is 11.8 Å². The van der Waals surface area contributed by atoms with Gasteiger partial charge in [-0.25, -0.2) is 9.78 Å². The molecule has 1 atom stereocenters. The highest BCUT2D eigenvalue weighted by atomic mass is 32.2. The van der Waals surface area contributed by atoms with Crippen LogP contribution in [0.2, 0.25) is 0 Å². The molecule has 0 amide bonds. The first-order valence-corrected chi connectivity index (χ1v) is 5.95. The summed E-state index contributed by atoms with van der Waals surface area (Å²) in [6, 6.07) is 3.18. The third kappa shape index (κ3) is 3.74. The van der Waals surface area contributed by atoms with Crippen LogP contribution in [-0.2, 0) is 9.53 Å². The Labute approximate surface area is 103 Å². The van der Waals surface area contributed by atoms with Crippen LogP contribution in [0, 0.1) is 0 Å². The fourth-order valence-electron chi connectivity index (χ4n) is 1.07. The Hall–Kier alpha value is -1.56. The topological polar surface area (TPSA) is 76.5 Å². The number of thioether (sulfide) groups is 1. The molecule has 0 saturated heterocycles. The van der Waals surface area contributed by atoms with E-state index in [0.717, 1.165) is 11.8 Å². The summed E-state index contributed by atoms with van der Waals surface area (Å²) >= 11 is 1.02. The standard InChI is InChI=1S/C11H13NO4S/c1-3-16-11(15)8-5-4-6-12-9(8)17-7(2)10(13)14/h4-7H,3H2,1-2H3,(H,13,14). The molecule has 0 radical (unpaired) electrons. The zero-order valence-electron chi connectivity index (χ0n) is 9.54. The summed E-state index contributed by atoms with van der Waals surface area (Å²) in [4.78, 5) is 26.3. The van der Waals surface area contributed by atoms with Crippen LogP contribution < -0.4 is 0 Å². The number of hydrogen-bond donors (Lipinski definition) is 1. The molecule has 17 heavy (non-hydrogen) atoms. The van der Waals surface area contributed by atoms with Crippen molar-refractivity contribution in [3.8, 4) is 0 Å². The Morgan fingerprint density at radius 1 is 1.59 bits per heavy atom. The first-order chi connectivity index (χ1) is 8.06. The average Bonchev–Trinajstić information content (AvgIpc) is 2.29. The minimum atomic E-state index is -0.949. The number of pyridine rings is 1. The van der Waals surface area contributed by atoms with Crippen molar-refractivity contribution in [3.63, 3.8) is 0 Å². The van der Waals surface area contributed by atoms with Crippen LogP contribution in [0.4, 0.5) is 0 Å². The maximum atomic E-state index is 11.6. The monoisotopic (exact) mass is 255 g/mol. The van der Waals surface area contributed by atoms with Gasteiger partial charge in [0, 0.05) is 6.20 Å². The molecular formula is C11H13NO4S. The van der Waals surface area contributed by atoms with Crippen LogP contribution in [0.25, 0.3) is 0 Å². The normalized spacial score (nSPS) is 11.9. The number of carbonyl (C=O) groups is 2. The highest BCUT2D eigenvalue weighted by Crippen LogP contribution is 2.25. The Balaban J connectivity index is 2.91. The van der Waals surface area contributed by atoms with Crippen LogP contribution in [0.1, 0.15) is 24.2 Å². The van der Waals surface area contributed by atoms with Crippen molar-refractivity contribution < 1.29 is 19.4 Å². The van der Waals surface area contributed by atoms with Crippen molar-refractivity contribution >= 4 is 23.7 Å². The van der Waals surface area contributed by atoms with Crippen LogP contribution in [-0.4, -0.2) is 33.9 Å². The highest BCUT2D eigenvalue weighted by Gasteiger charge is 2.19. The third-order valence-electron chi connectivity index (χ3n) is 1.90. The van der Waals surface area contributed by atoms with E-state index in [1.807, 2.05) is 0 Å². The average molecular weight is 255 g/mol. The minimum absolute atomic E-state index is 0.270. The van der Waals surface area contributed by atoms with E-state index in [-0.39, 0.29) is 6.61 Å². The Morgan fingerprint density at radius 2 is 2.29 bits per heavy atom. The first kappa shape index (κ1) is 13.5. The van der Waals surface area contributed by atoms with Gasteiger partial charge in [0.25, 0.3) is 0 Å². The molecule has 0 bridgehead atoms. The second-order valence-corrected chi connectivity index (χ2v) is 4.50. The van der Waals surface area contributed by atoms with Gasteiger partial charge in [-0.1, -0.05) is 11.8 Å². The first-order valence-electron chi connectivity index (χ1n) is 5.07. The second-order valence-electron chi connectivity index (χ2n) is 3.17. The molecule has 1 N–H and O–H groups in total. The molecule has 1 aromatic heterocycles. The predicted molar refractivity (Wildman–Crippen MR) is 63.1 cm³/mol. The van der Waals surface area contributed by atoms with Gasteiger partial charge in [0.05, 0.1) is 12.2 Å². The number of aliphatic carboxylic acids is 1. The fraction of sp³-hybridized carbons (Fsp3) is 0.364. The molecule has 1 rings (SSSR count). The molecule has 0 fully saturated rings. The van der Waals surface area contributed by atoms with Gasteiger partial charge in [-0.15, -0.1) is 0 Å². The van der Waals surface area contributed by atoms with Crippen molar-refractivity contribution in [2.45, 2.75) is 24.1 Å². The molecule has 0 saturated carbocycles. The summed E-state index contributed by atoms with van der Waals surface area (Å²) in [5.41, 5.74) is 0.299. The molecular weight excluding hydrogens is 242 g/mol. The van der Waals surface area contributed by atoms with Crippen molar-refractivity contribution in [1.29, 1.82) is 0 Å². The Morgan fingerprint density at radius 3 is 2.88 bits per heavy atom. The Kier molecular flexibility index (Phi) is 4.96. The summed E-state index contributed by atoms with van der Waals surface area (Å²) in [7, 11) is 0. The number of rotatable bonds is 5. The highest BCUT2D eigenvalue weighted by molar-refractivity contribution is 8.00. The zero-order valence-corrected chi connectivity index (χ0v) is 10.4. The molecule has 6 heteroatoms. The smallest absolute Gasteiger partial charge is 0.340 e. The summed E-state index contributed by atoms with van der Waals surface area (Å²) in [6.07, 6.45) is 1.51. The fourth-order valence-corrected chi connectivity index (χ4v) is 1.90. The molecule has 0 aliphatic heterocycles. The lowest BCUT2D eigenvalue weighted by atomic mass is 10.3. The van der Waals surface area contributed by atoms with E-state index in [2.05, 4.69) is 4.98 Å². The van der Waals surface area contributed by atoms with E-state index in [1.54, 1.807) is 19.1 Å². The van der Waals surface area contributed by atoms with Gasteiger partial charge in [0.1, 0.15) is 10.3 Å². The number of esters is 1. The second kappa shape index (κ2) is 6.24. The summed E-state index contributed by atoms with van der Waals surface area (Å²) in [5.74, 6) is -1.43. The number of carbonyl (C=O) groups excluding carboxylic acids is 1. The minimum Gasteiger partial charge on any atom is -0.480 e. The molecule has 0 aliphatic rings. The van der Waals surface area contributed by atoms with Crippen molar-refractivity contribution in [3.05, 3.63) is 23.9 Å². The summed E-state index contributed by atoms with van der Waals surface area (Å²) in [5, 5.41) is 8.52. The SMILES string of the molecule is CCOC(=O)c1cccnc1SC(C)C(=O)O. The van der Waals surface area contributed by atoms with E-state index in [4.69, 9.17) is 9.84 Å². The Bertz CT molecular complexity index is 422. The van der Waals surface area contributed by atoms with Crippen LogP contribution in [0.5, 0.6) is 0 Å². The van der Waals surface area contributed by atoms with Crippen LogP contribution in [0.15, 0.2) is 23.4 Å². The van der Waals surface area contributed by atoms with Gasteiger partial charge in [-0.05, 0) is 26.0 Å². The maximum Gasteiger partial charge on any atom is 0.340 e. The van der Waals surface area contributed by atoms with Gasteiger partial charge in [0.2, 0.25) is 0 Å². The predicted octanol–water partition coefficient (Wildman–Crippen LogP) is 1.82. The number of carboxylic acids is 1. The maximum absolute atomic E-state index is 11.6. The number of carboxylic acid groups (broad SMARTS) is 1. The molecule has 0 aromatic carbocycles. The lowest BCUT2D eigenvalue weighted by Crippen LogP contribution is -2.13. The third-order valence-corrected chi connectivity index (χ3v) is 3.01. The molecule has 1 aromatic rings. The lowest BCUT2D eigenvalue weighted by molar-refractivity contribution is -0.136. The van der Waals surface area contributed by atoms with E-state index >= 15 is 0 Å². The molecule has 92 valence electrons. The summed E-state index contributed by atoms with van der Waals surface area (Å²) in [6.45, 7) is 3.52. The molecule has 0 spiro atoms. The van der Waals surface area contributed by atoms with E-state index in [9.17, 15) is 9.59 Å².